The summed E-state index contributed by atoms with van der Waals surface area (Å²) in [6.45, 7) is 6.74. The molecule has 2 atom stereocenters. The number of rotatable bonds is 3. The number of amides is 2. The molecule has 2 amide bonds. The van der Waals surface area contributed by atoms with Gasteiger partial charge in [0.25, 0.3) is 5.91 Å². The van der Waals surface area contributed by atoms with Crippen LogP contribution in [0.5, 0.6) is 0 Å². The molecule has 0 radical (unpaired) electrons. The Morgan fingerprint density at radius 2 is 2.00 bits per heavy atom. The molecule has 1 saturated carbocycles. The van der Waals surface area contributed by atoms with Crippen molar-refractivity contribution in [3.8, 4) is 0 Å². The van der Waals surface area contributed by atoms with E-state index in [0.29, 0.717) is 29.7 Å². The van der Waals surface area contributed by atoms with Crippen molar-refractivity contribution in [2.45, 2.75) is 20.3 Å². The van der Waals surface area contributed by atoms with Crippen LogP contribution in [0.3, 0.4) is 0 Å². The largest absolute Gasteiger partial charge is 0.378 e. The molecular weight excluding hydrogens is 304 g/mol. The van der Waals surface area contributed by atoms with E-state index in [-0.39, 0.29) is 17.7 Å². The molecule has 2 fully saturated rings. The highest BCUT2D eigenvalue weighted by Gasteiger charge is 2.39. The van der Waals surface area contributed by atoms with Gasteiger partial charge in [-0.2, -0.15) is 0 Å². The number of ether oxygens (including phenoxy) is 1. The molecule has 0 unspecified atom stereocenters. The first-order valence-electron chi connectivity index (χ1n) is 7.46. The Morgan fingerprint density at radius 3 is 2.64 bits per heavy atom. The van der Waals surface area contributed by atoms with Crippen LogP contribution in [0.1, 0.15) is 28.7 Å². The zero-order valence-corrected chi connectivity index (χ0v) is 13.5. The fourth-order valence-electron chi connectivity index (χ4n) is 2.44. The van der Waals surface area contributed by atoms with Gasteiger partial charge in [0, 0.05) is 19.0 Å². The fraction of sp³-hybridized carbons (Fsp3) is 0.643. The third-order valence-electron chi connectivity index (χ3n) is 4.02. The summed E-state index contributed by atoms with van der Waals surface area (Å²) in [6.07, 6.45) is 0.891. The maximum atomic E-state index is 12.2. The highest BCUT2D eigenvalue weighted by Crippen LogP contribution is 2.37. The maximum absolute atomic E-state index is 12.2. The molecule has 1 aliphatic carbocycles. The van der Waals surface area contributed by atoms with Crippen molar-refractivity contribution in [1.29, 1.82) is 0 Å². The second kappa shape index (κ2) is 6.21. The molecule has 1 aliphatic heterocycles. The maximum Gasteiger partial charge on any atom is 0.281 e. The third-order valence-corrected chi connectivity index (χ3v) is 5.24. The van der Waals surface area contributed by atoms with Crippen LogP contribution in [0.15, 0.2) is 0 Å². The Morgan fingerprint density at radius 1 is 1.32 bits per heavy atom. The van der Waals surface area contributed by atoms with Gasteiger partial charge in [0.1, 0.15) is 4.88 Å². The zero-order chi connectivity index (χ0) is 15.7. The normalized spacial score (nSPS) is 24.0. The van der Waals surface area contributed by atoms with E-state index in [0.717, 1.165) is 24.6 Å². The quantitative estimate of drug-likeness (QED) is 0.800. The predicted molar refractivity (Wildman–Crippen MR) is 82.8 cm³/mol. The van der Waals surface area contributed by atoms with Crippen LogP contribution >= 0.6 is 11.3 Å². The molecule has 1 aromatic rings. The van der Waals surface area contributed by atoms with Gasteiger partial charge in [0.2, 0.25) is 5.91 Å². The monoisotopic (exact) mass is 324 g/mol. The van der Waals surface area contributed by atoms with E-state index >= 15 is 0 Å². The van der Waals surface area contributed by atoms with Gasteiger partial charge < -0.3 is 9.64 Å². The van der Waals surface area contributed by atoms with Crippen LogP contribution in [0.25, 0.3) is 0 Å². The molecule has 1 aromatic heterocycles. The van der Waals surface area contributed by atoms with Crippen molar-refractivity contribution in [3.05, 3.63) is 10.6 Å². The van der Waals surface area contributed by atoms with E-state index in [9.17, 15) is 9.59 Å². The molecular formula is C14H20N4O3S. The van der Waals surface area contributed by atoms with Crippen LogP contribution in [0.2, 0.25) is 0 Å². The molecule has 2 heterocycles. The third kappa shape index (κ3) is 3.22. The van der Waals surface area contributed by atoms with Crippen molar-refractivity contribution >= 4 is 28.3 Å². The lowest BCUT2D eigenvalue weighted by molar-refractivity contribution is -0.123. The van der Waals surface area contributed by atoms with Crippen molar-refractivity contribution in [2.24, 2.45) is 11.8 Å². The van der Waals surface area contributed by atoms with Gasteiger partial charge in [-0.15, -0.1) is 0 Å². The number of carbonyl (C=O) groups is 2. The fourth-order valence-corrected chi connectivity index (χ4v) is 3.45. The number of nitrogens with one attached hydrogen (secondary N) is 2. The zero-order valence-electron chi connectivity index (χ0n) is 12.7. The summed E-state index contributed by atoms with van der Waals surface area (Å²) >= 11 is 1.35. The number of aryl methyl sites for hydroxylation is 1. The van der Waals surface area contributed by atoms with E-state index in [1.54, 1.807) is 6.92 Å². The molecule has 7 nitrogen and oxygen atoms in total. The Bertz CT molecular complexity index is 583. The molecule has 22 heavy (non-hydrogen) atoms. The number of hydrogen-bond donors (Lipinski definition) is 2. The van der Waals surface area contributed by atoms with Crippen LogP contribution in [0, 0.1) is 18.8 Å². The van der Waals surface area contributed by atoms with Crippen molar-refractivity contribution < 1.29 is 14.3 Å². The van der Waals surface area contributed by atoms with E-state index in [1.807, 2.05) is 6.92 Å². The first-order valence-corrected chi connectivity index (χ1v) is 8.28. The summed E-state index contributed by atoms with van der Waals surface area (Å²) in [6, 6.07) is 0. The molecule has 0 aromatic carbocycles. The Labute approximate surface area is 133 Å². The highest BCUT2D eigenvalue weighted by molar-refractivity contribution is 7.17. The van der Waals surface area contributed by atoms with Crippen LogP contribution < -0.4 is 15.8 Å². The highest BCUT2D eigenvalue weighted by atomic mass is 32.1. The molecule has 3 rings (SSSR count). The summed E-state index contributed by atoms with van der Waals surface area (Å²) in [5.41, 5.74) is 5.66. The van der Waals surface area contributed by atoms with E-state index in [4.69, 9.17) is 4.74 Å². The second-order valence-corrected chi connectivity index (χ2v) is 6.75. The average molecular weight is 324 g/mol. The van der Waals surface area contributed by atoms with Crippen molar-refractivity contribution in [1.82, 2.24) is 15.8 Å². The average Bonchev–Trinajstić information content (AvgIpc) is 3.13. The lowest BCUT2D eigenvalue weighted by Crippen LogP contribution is -2.42. The summed E-state index contributed by atoms with van der Waals surface area (Å²) < 4.78 is 5.32. The minimum Gasteiger partial charge on any atom is -0.378 e. The van der Waals surface area contributed by atoms with Gasteiger partial charge in [-0.05, 0) is 19.3 Å². The summed E-state index contributed by atoms with van der Waals surface area (Å²) in [7, 11) is 0. The van der Waals surface area contributed by atoms with E-state index < -0.39 is 0 Å². The van der Waals surface area contributed by atoms with Crippen LogP contribution in [-0.2, 0) is 9.53 Å². The van der Waals surface area contributed by atoms with Gasteiger partial charge >= 0.3 is 0 Å². The van der Waals surface area contributed by atoms with Gasteiger partial charge in [-0.3, -0.25) is 20.4 Å². The number of aromatic nitrogens is 1. The molecule has 2 aliphatic rings. The van der Waals surface area contributed by atoms with E-state index in [2.05, 4.69) is 20.7 Å². The first kappa shape index (κ1) is 15.2. The topological polar surface area (TPSA) is 83.6 Å². The Balaban J connectivity index is 1.59. The van der Waals surface area contributed by atoms with Gasteiger partial charge in [-0.25, -0.2) is 4.98 Å². The molecule has 1 saturated heterocycles. The number of nitrogens with zero attached hydrogens (tertiary/aromatic N) is 2. The molecule has 0 bridgehead atoms. The first-order chi connectivity index (χ1) is 10.6. The van der Waals surface area contributed by atoms with Gasteiger partial charge in [0.15, 0.2) is 5.13 Å². The predicted octanol–water partition coefficient (Wildman–Crippen LogP) is 0.705. The number of hydrogen-bond acceptors (Lipinski definition) is 6. The lowest BCUT2D eigenvalue weighted by Gasteiger charge is -2.25. The SMILES string of the molecule is Cc1nc(N2CCOCC2)sc1C(=O)NNC(=O)[C@@H]1C[C@@H]1C. The Hall–Kier alpha value is -1.67. The summed E-state index contributed by atoms with van der Waals surface area (Å²) in [5.74, 6) is 0.0225. The number of hydrazine groups is 1. The summed E-state index contributed by atoms with van der Waals surface area (Å²) in [5, 5.41) is 0.827. The number of thiazole rings is 1. The number of anilines is 1. The summed E-state index contributed by atoms with van der Waals surface area (Å²) in [4.78, 5) is 31.0. The van der Waals surface area contributed by atoms with Crippen LogP contribution in [0.4, 0.5) is 5.13 Å². The molecule has 120 valence electrons. The van der Waals surface area contributed by atoms with Crippen molar-refractivity contribution in [3.63, 3.8) is 0 Å². The standard InChI is InChI=1S/C14H20N4O3S/c1-8-7-10(8)12(19)16-17-13(20)11-9(2)15-14(22-11)18-3-5-21-6-4-18/h8,10H,3-7H2,1-2H3,(H,16,19)(H,17,20)/t8-,10+/m0/s1. The molecule has 8 heteroatoms. The minimum atomic E-state index is -0.309. The van der Waals surface area contributed by atoms with Crippen molar-refractivity contribution in [2.75, 3.05) is 31.2 Å². The number of carbonyl (C=O) groups excluding carboxylic acids is 2. The molecule has 0 spiro atoms. The van der Waals surface area contributed by atoms with Gasteiger partial charge in [-0.1, -0.05) is 18.3 Å². The smallest absolute Gasteiger partial charge is 0.281 e. The van der Waals surface area contributed by atoms with E-state index in [1.165, 1.54) is 11.3 Å². The lowest BCUT2D eigenvalue weighted by atomic mass is 10.3. The Kier molecular flexibility index (Phi) is 4.30. The number of morpholine rings is 1. The minimum absolute atomic E-state index is 0.0340. The second-order valence-electron chi connectivity index (χ2n) is 5.77. The van der Waals surface area contributed by atoms with Gasteiger partial charge in [0.05, 0.1) is 18.9 Å². The van der Waals surface area contributed by atoms with Crippen LogP contribution in [-0.4, -0.2) is 43.1 Å². The molecule has 2 N–H and O–H groups in total.